The molecule has 1 heterocycles. The molecular weight excluding hydrogens is 318 g/mol. The van der Waals surface area contributed by atoms with Crippen molar-refractivity contribution in [1.82, 2.24) is 0 Å². The molecule has 0 saturated carbocycles. The van der Waals surface area contributed by atoms with Gasteiger partial charge in [0.05, 0.1) is 12.5 Å². The van der Waals surface area contributed by atoms with Gasteiger partial charge in [0.15, 0.2) is 5.71 Å². The van der Waals surface area contributed by atoms with Gasteiger partial charge in [-0.1, -0.05) is 36.4 Å². The minimum Gasteiger partial charge on any atom is -0.497 e. The summed E-state index contributed by atoms with van der Waals surface area (Å²) in [5.74, 6) is 0.881. The molecule has 0 N–H and O–H groups in total. The first-order valence-corrected chi connectivity index (χ1v) is 8.98. The molecule has 1 aliphatic heterocycles. The van der Waals surface area contributed by atoms with Crippen LogP contribution < -0.4 is 4.74 Å². The summed E-state index contributed by atoms with van der Waals surface area (Å²) in [6, 6.07) is 21.3. The van der Waals surface area contributed by atoms with Crippen LogP contribution in [0.3, 0.4) is 0 Å². The zero-order chi connectivity index (χ0) is 18.3. The van der Waals surface area contributed by atoms with Gasteiger partial charge >= 0.3 is 0 Å². The molecule has 0 aromatic heterocycles. The fraction of sp³-hybridized carbons (Fsp3) is 0.208. The highest BCUT2D eigenvalue weighted by molar-refractivity contribution is 6.09. The summed E-state index contributed by atoms with van der Waals surface area (Å²) in [5, 5.41) is 2.64. The summed E-state index contributed by atoms with van der Waals surface area (Å²) >= 11 is 0. The van der Waals surface area contributed by atoms with Crippen LogP contribution in [0, 0.1) is 0 Å². The molecule has 4 rings (SSSR count). The number of ether oxygens (including phenoxy) is 1. The lowest BCUT2D eigenvalue weighted by Crippen LogP contribution is -2.26. The molecule has 3 aromatic carbocycles. The smallest absolute Gasteiger partial charge is 0.210 e. The number of nitrogens with zero attached hydrogens (tertiary/aromatic N) is 1. The Hall–Kier alpha value is -2.87. The Morgan fingerprint density at radius 3 is 2.35 bits per heavy atom. The normalized spacial score (nSPS) is 15.7. The average Bonchev–Trinajstić information content (AvgIpc) is 2.86. The Labute approximate surface area is 155 Å². The second kappa shape index (κ2) is 6.14. The van der Waals surface area contributed by atoms with Gasteiger partial charge in [0.1, 0.15) is 12.8 Å². The predicted octanol–water partition coefficient (Wildman–Crippen LogP) is 5.57. The van der Waals surface area contributed by atoms with Gasteiger partial charge in [0.2, 0.25) is 5.69 Å². The molecule has 0 saturated heterocycles. The zero-order valence-electron chi connectivity index (χ0n) is 15.8. The number of rotatable bonds is 3. The summed E-state index contributed by atoms with van der Waals surface area (Å²) in [4.78, 5) is 0. The van der Waals surface area contributed by atoms with Gasteiger partial charge in [-0.2, -0.15) is 4.58 Å². The van der Waals surface area contributed by atoms with Crippen LogP contribution in [-0.4, -0.2) is 24.4 Å². The third kappa shape index (κ3) is 2.53. The van der Waals surface area contributed by atoms with E-state index in [2.05, 4.69) is 86.2 Å². The second-order valence-electron chi connectivity index (χ2n) is 7.36. The van der Waals surface area contributed by atoms with Crippen LogP contribution in [-0.2, 0) is 5.41 Å². The maximum Gasteiger partial charge on any atom is 0.210 e. The second-order valence-corrected chi connectivity index (χ2v) is 7.36. The highest BCUT2D eigenvalue weighted by Gasteiger charge is 2.44. The van der Waals surface area contributed by atoms with Gasteiger partial charge in [-0.3, -0.25) is 0 Å². The Bertz CT molecular complexity index is 1040. The first-order chi connectivity index (χ1) is 12.5. The molecule has 0 atom stereocenters. The van der Waals surface area contributed by atoms with Crippen molar-refractivity contribution in [3.8, 4) is 5.75 Å². The molecule has 3 aromatic rings. The van der Waals surface area contributed by atoms with E-state index >= 15 is 0 Å². The summed E-state index contributed by atoms with van der Waals surface area (Å²) in [5.41, 5.74) is 5.13. The summed E-state index contributed by atoms with van der Waals surface area (Å²) < 4.78 is 7.56. The van der Waals surface area contributed by atoms with Crippen molar-refractivity contribution in [3.05, 3.63) is 77.9 Å². The molecule has 0 radical (unpaired) electrons. The number of allylic oxidation sites excluding steroid dienone is 1. The van der Waals surface area contributed by atoms with Crippen LogP contribution in [0.1, 0.15) is 25.0 Å². The largest absolute Gasteiger partial charge is 0.497 e. The molecule has 26 heavy (non-hydrogen) atoms. The summed E-state index contributed by atoms with van der Waals surface area (Å²) in [6.45, 7) is 4.63. The molecule has 0 bridgehead atoms. The third-order valence-electron chi connectivity index (χ3n) is 5.44. The van der Waals surface area contributed by atoms with Crippen molar-refractivity contribution in [1.29, 1.82) is 0 Å². The number of benzene rings is 3. The van der Waals surface area contributed by atoms with E-state index in [4.69, 9.17) is 4.74 Å². The topological polar surface area (TPSA) is 12.2 Å². The van der Waals surface area contributed by atoms with Crippen LogP contribution in [0.2, 0.25) is 0 Å². The van der Waals surface area contributed by atoms with E-state index in [0.717, 1.165) is 5.75 Å². The molecule has 0 amide bonds. The van der Waals surface area contributed by atoms with Crippen molar-refractivity contribution in [3.63, 3.8) is 0 Å². The standard InChI is InChI=1S/C24H24NO/c1-24(2)22(16-11-17-9-13-19(26-4)14-10-17)25(3)21-15-12-18-7-5-6-8-20(18)23(21)24/h5-16H,1-4H3/q+1. The van der Waals surface area contributed by atoms with Gasteiger partial charge in [0.25, 0.3) is 0 Å². The number of fused-ring (bicyclic) bond motifs is 3. The highest BCUT2D eigenvalue weighted by Crippen LogP contribution is 2.43. The fourth-order valence-corrected chi connectivity index (χ4v) is 4.08. The maximum absolute atomic E-state index is 5.24. The number of hydrogen-bond acceptors (Lipinski definition) is 1. The number of hydrogen-bond donors (Lipinski definition) is 0. The molecule has 1 aliphatic rings. The fourth-order valence-electron chi connectivity index (χ4n) is 4.08. The first kappa shape index (κ1) is 16.6. The molecule has 0 unspecified atom stereocenters. The van der Waals surface area contributed by atoms with Gasteiger partial charge < -0.3 is 4.74 Å². The lowest BCUT2D eigenvalue weighted by atomic mass is 9.79. The van der Waals surface area contributed by atoms with Gasteiger partial charge in [-0.25, -0.2) is 0 Å². The maximum atomic E-state index is 5.24. The van der Waals surface area contributed by atoms with Crippen molar-refractivity contribution in [2.75, 3.05) is 14.2 Å². The minimum absolute atomic E-state index is 0.0477. The molecule has 130 valence electrons. The van der Waals surface area contributed by atoms with E-state index in [1.54, 1.807) is 7.11 Å². The van der Waals surface area contributed by atoms with Gasteiger partial charge in [-0.15, -0.1) is 0 Å². The van der Waals surface area contributed by atoms with E-state index < -0.39 is 0 Å². The summed E-state index contributed by atoms with van der Waals surface area (Å²) in [6.07, 6.45) is 4.43. The van der Waals surface area contributed by atoms with Gasteiger partial charge in [0, 0.05) is 17.7 Å². The quantitative estimate of drug-likeness (QED) is 0.567. The Kier molecular flexibility index (Phi) is 3.91. The average molecular weight is 342 g/mol. The lowest BCUT2D eigenvalue weighted by Gasteiger charge is -2.17. The van der Waals surface area contributed by atoms with E-state index in [-0.39, 0.29) is 5.41 Å². The van der Waals surface area contributed by atoms with E-state index in [1.807, 2.05) is 12.1 Å². The molecule has 0 fully saturated rings. The van der Waals surface area contributed by atoms with Crippen LogP contribution in [0.15, 0.2) is 66.7 Å². The van der Waals surface area contributed by atoms with E-state index in [1.165, 1.54) is 33.3 Å². The molecule has 2 heteroatoms. The Morgan fingerprint density at radius 1 is 0.885 bits per heavy atom. The van der Waals surface area contributed by atoms with E-state index in [9.17, 15) is 0 Å². The SMILES string of the molecule is COc1ccc(C=CC2=[N+](C)c3ccc4ccccc4c3C2(C)C)cc1. The molecule has 2 nitrogen and oxygen atoms in total. The van der Waals surface area contributed by atoms with Crippen LogP contribution in [0.4, 0.5) is 5.69 Å². The molecular formula is C24H24NO+. The van der Waals surface area contributed by atoms with Crippen LogP contribution in [0.5, 0.6) is 5.75 Å². The summed E-state index contributed by atoms with van der Waals surface area (Å²) in [7, 11) is 3.86. The van der Waals surface area contributed by atoms with Gasteiger partial charge in [-0.05, 0) is 54.5 Å². The van der Waals surface area contributed by atoms with Crippen LogP contribution >= 0.6 is 0 Å². The van der Waals surface area contributed by atoms with Crippen LogP contribution in [0.25, 0.3) is 16.8 Å². The van der Waals surface area contributed by atoms with Crippen molar-refractivity contribution >= 4 is 28.2 Å². The predicted molar refractivity (Wildman–Crippen MR) is 110 cm³/mol. The molecule has 0 spiro atoms. The monoisotopic (exact) mass is 342 g/mol. The zero-order valence-corrected chi connectivity index (χ0v) is 15.8. The van der Waals surface area contributed by atoms with Crippen molar-refractivity contribution < 1.29 is 9.31 Å². The molecule has 0 aliphatic carbocycles. The number of methoxy groups -OCH3 is 1. The Morgan fingerprint density at radius 2 is 1.62 bits per heavy atom. The minimum atomic E-state index is -0.0477. The van der Waals surface area contributed by atoms with Crippen molar-refractivity contribution in [2.24, 2.45) is 0 Å². The van der Waals surface area contributed by atoms with Crippen molar-refractivity contribution in [2.45, 2.75) is 19.3 Å². The highest BCUT2D eigenvalue weighted by atomic mass is 16.5. The lowest BCUT2D eigenvalue weighted by molar-refractivity contribution is -0.401. The third-order valence-corrected chi connectivity index (χ3v) is 5.44. The Balaban J connectivity index is 1.78. The first-order valence-electron chi connectivity index (χ1n) is 8.98. The van der Waals surface area contributed by atoms with E-state index in [0.29, 0.717) is 0 Å².